The molecule has 0 aromatic carbocycles. The molecular weight excluding hydrogens is 248 g/mol. The fraction of sp³-hybridized carbons (Fsp3) is 0.786. The molecule has 19 heavy (non-hydrogen) atoms. The van der Waals surface area contributed by atoms with Crippen LogP contribution in [0.4, 0.5) is 0 Å². The predicted octanol–water partition coefficient (Wildman–Crippen LogP) is 1.79. The topological polar surface area (TPSA) is 65.0 Å². The number of unbranched alkanes of at least 4 members (excludes halogenated alkanes) is 1. The smallest absolute Gasteiger partial charge is 0.330 e. The minimum atomic E-state index is -0.626. The molecule has 0 amide bonds. The molecule has 5 heteroatoms. The summed E-state index contributed by atoms with van der Waals surface area (Å²) >= 11 is 0. The summed E-state index contributed by atoms with van der Waals surface area (Å²) in [5, 5.41) is 9.22. The zero-order valence-corrected chi connectivity index (χ0v) is 11.9. The monoisotopic (exact) mass is 272 g/mol. The predicted molar refractivity (Wildman–Crippen MR) is 70.5 cm³/mol. The second kappa shape index (κ2) is 7.62. The number of aliphatic hydroxyl groups excluding tert-OH is 1. The van der Waals surface area contributed by atoms with Crippen LogP contribution in [0, 0.1) is 0 Å². The van der Waals surface area contributed by atoms with Crippen LogP contribution in [0.1, 0.15) is 40.0 Å². The average molecular weight is 272 g/mol. The van der Waals surface area contributed by atoms with Crippen molar-refractivity contribution in [2.75, 3.05) is 13.2 Å². The van der Waals surface area contributed by atoms with Crippen molar-refractivity contribution in [2.24, 2.45) is 0 Å². The number of hydrogen-bond acceptors (Lipinski definition) is 5. The molecule has 0 spiro atoms. The Labute approximate surface area is 114 Å². The molecule has 1 aliphatic rings. The first-order valence-corrected chi connectivity index (χ1v) is 6.78. The van der Waals surface area contributed by atoms with Crippen molar-refractivity contribution < 1.29 is 24.1 Å². The molecule has 1 heterocycles. The van der Waals surface area contributed by atoms with E-state index < -0.39 is 5.79 Å². The molecular formula is C14H24O5. The molecule has 0 aromatic rings. The van der Waals surface area contributed by atoms with Gasteiger partial charge in [0.15, 0.2) is 5.79 Å². The zero-order chi connectivity index (χ0) is 14.3. The van der Waals surface area contributed by atoms with Gasteiger partial charge in [-0.2, -0.15) is 0 Å². The molecule has 0 radical (unpaired) electrons. The summed E-state index contributed by atoms with van der Waals surface area (Å²) in [5.41, 5.74) is 0. The lowest BCUT2D eigenvalue weighted by Gasteiger charge is -2.16. The molecule has 0 bridgehead atoms. The van der Waals surface area contributed by atoms with Crippen LogP contribution >= 0.6 is 0 Å². The van der Waals surface area contributed by atoms with Crippen LogP contribution in [-0.4, -0.2) is 42.3 Å². The lowest BCUT2D eigenvalue weighted by atomic mass is 10.1. The minimum absolute atomic E-state index is 0.0350. The number of carbonyl (C=O) groups excluding carboxylic acids is 1. The van der Waals surface area contributed by atoms with Crippen molar-refractivity contribution >= 4 is 5.97 Å². The number of aliphatic hydroxyl groups is 1. The highest BCUT2D eigenvalue weighted by molar-refractivity contribution is 5.81. The Kier molecular flexibility index (Phi) is 6.48. The van der Waals surface area contributed by atoms with Gasteiger partial charge in [0.1, 0.15) is 6.10 Å². The summed E-state index contributed by atoms with van der Waals surface area (Å²) in [7, 11) is 0. The Morgan fingerprint density at radius 2 is 2.05 bits per heavy atom. The first-order chi connectivity index (χ1) is 8.98. The van der Waals surface area contributed by atoms with Crippen LogP contribution in [0.3, 0.4) is 0 Å². The molecule has 0 saturated carbocycles. The van der Waals surface area contributed by atoms with E-state index in [2.05, 4.69) is 0 Å². The summed E-state index contributed by atoms with van der Waals surface area (Å²) < 4.78 is 16.1. The third-order valence-electron chi connectivity index (χ3n) is 2.86. The Morgan fingerprint density at radius 1 is 1.37 bits per heavy atom. The fourth-order valence-corrected chi connectivity index (χ4v) is 2.12. The molecule has 1 aliphatic heterocycles. The molecule has 1 saturated heterocycles. The van der Waals surface area contributed by atoms with E-state index in [9.17, 15) is 9.90 Å². The normalized spacial score (nSPS) is 25.9. The quantitative estimate of drug-likeness (QED) is 0.435. The molecule has 1 fully saturated rings. The molecule has 0 aliphatic carbocycles. The lowest BCUT2D eigenvalue weighted by molar-refractivity contribution is -0.149. The number of carbonyl (C=O) groups is 1. The highest BCUT2D eigenvalue weighted by Gasteiger charge is 2.40. The molecule has 110 valence electrons. The van der Waals surface area contributed by atoms with Crippen LogP contribution < -0.4 is 0 Å². The highest BCUT2D eigenvalue weighted by atomic mass is 16.8. The van der Waals surface area contributed by atoms with Gasteiger partial charge in [0.25, 0.3) is 0 Å². The molecule has 5 nitrogen and oxygen atoms in total. The standard InChI is InChI=1S/C14H24O5/c1-4-17-13(16)9-7-5-6-8-11-12(10-15)19-14(2,3)18-11/h7,9,11-12,15H,4-6,8,10H2,1-3H3/b9-7+/t11-,12-/m0/s1. The number of allylic oxidation sites excluding steroid dienone is 1. The van der Waals surface area contributed by atoms with E-state index in [0.717, 1.165) is 19.3 Å². The summed E-state index contributed by atoms with van der Waals surface area (Å²) in [6.07, 6.45) is 5.34. The minimum Gasteiger partial charge on any atom is -0.463 e. The Morgan fingerprint density at radius 3 is 2.68 bits per heavy atom. The van der Waals surface area contributed by atoms with Crippen LogP contribution in [0.5, 0.6) is 0 Å². The third kappa shape index (κ3) is 5.72. The van der Waals surface area contributed by atoms with Crippen LogP contribution in [-0.2, 0) is 19.0 Å². The van der Waals surface area contributed by atoms with Crippen molar-refractivity contribution in [3.05, 3.63) is 12.2 Å². The van der Waals surface area contributed by atoms with Crippen LogP contribution in [0.15, 0.2) is 12.2 Å². The van der Waals surface area contributed by atoms with Gasteiger partial charge in [0.2, 0.25) is 0 Å². The van der Waals surface area contributed by atoms with E-state index in [-0.39, 0.29) is 24.8 Å². The van der Waals surface area contributed by atoms with Crippen molar-refractivity contribution in [3.8, 4) is 0 Å². The number of hydrogen-bond donors (Lipinski definition) is 1. The van der Waals surface area contributed by atoms with Crippen LogP contribution in [0.2, 0.25) is 0 Å². The van der Waals surface area contributed by atoms with Gasteiger partial charge in [-0.15, -0.1) is 0 Å². The third-order valence-corrected chi connectivity index (χ3v) is 2.86. The van der Waals surface area contributed by atoms with E-state index in [4.69, 9.17) is 14.2 Å². The van der Waals surface area contributed by atoms with Crippen molar-refractivity contribution in [3.63, 3.8) is 0 Å². The second-order valence-electron chi connectivity index (χ2n) is 4.98. The van der Waals surface area contributed by atoms with Gasteiger partial charge in [-0.05, 0) is 40.0 Å². The van der Waals surface area contributed by atoms with E-state index in [1.165, 1.54) is 6.08 Å². The maximum Gasteiger partial charge on any atom is 0.330 e. The zero-order valence-electron chi connectivity index (χ0n) is 11.9. The maximum absolute atomic E-state index is 11.1. The van der Waals surface area contributed by atoms with Crippen molar-refractivity contribution in [1.82, 2.24) is 0 Å². The van der Waals surface area contributed by atoms with Crippen molar-refractivity contribution in [1.29, 1.82) is 0 Å². The SMILES string of the molecule is CCOC(=O)/C=C/CCC[C@@H]1OC(C)(C)O[C@H]1CO. The van der Waals surface area contributed by atoms with E-state index in [1.54, 1.807) is 13.0 Å². The second-order valence-corrected chi connectivity index (χ2v) is 4.98. The fourth-order valence-electron chi connectivity index (χ4n) is 2.12. The first-order valence-electron chi connectivity index (χ1n) is 6.78. The van der Waals surface area contributed by atoms with Gasteiger partial charge in [-0.1, -0.05) is 6.08 Å². The molecule has 2 atom stereocenters. The van der Waals surface area contributed by atoms with Gasteiger partial charge in [-0.25, -0.2) is 4.79 Å². The molecule has 1 rings (SSSR count). The number of rotatable bonds is 7. The highest BCUT2D eigenvalue weighted by Crippen LogP contribution is 2.30. The van der Waals surface area contributed by atoms with Gasteiger partial charge < -0.3 is 19.3 Å². The lowest BCUT2D eigenvalue weighted by Crippen LogP contribution is -2.26. The van der Waals surface area contributed by atoms with Gasteiger partial charge >= 0.3 is 5.97 Å². The van der Waals surface area contributed by atoms with E-state index >= 15 is 0 Å². The van der Waals surface area contributed by atoms with E-state index in [0.29, 0.717) is 6.61 Å². The summed E-state index contributed by atoms with van der Waals surface area (Å²) in [4.78, 5) is 11.1. The first kappa shape index (κ1) is 16.1. The van der Waals surface area contributed by atoms with Gasteiger partial charge in [0, 0.05) is 6.08 Å². The van der Waals surface area contributed by atoms with Crippen molar-refractivity contribution in [2.45, 2.75) is 58.0 Å². The van der Waals surface area contributed by atoms with Gasteiger partial charge in [0.05, 0.1) is 19.3 Å². The summed E-state index contributed by atoms with van der Waals surface area (Å²) in [6.45, 7) is 5.82. The maximum atomic E-state index is 11.1. The Hall–Kier alpha value is -0.910. The number of ether oxygens (including phenoxy) is 3. The summed E-state index contributed by atoms with van der Waals surface area (Å²) in [5.74, 6) is -0.934. The van der Waals surface area contributed by atoms with E-state index in [1.807, 2.05) is 13.8 Å². The average Bonchev–Trinajstić information content (AvgIpc) is 2.64. The van der Waals surface area contributed by atoms with Gasteiger partial charge in [-0.3, -0.25) is 0 Å². The molecule has 0 unspecified atom stereocenters. The Bertz CT molecular complexity index is 311. The summed E-state index contributed by atoms with van der Waals surface area (Å²) in [6, 6.07) is 0. The van der Waals surface area contributed by atoms with Crippen LogP contribution in [0.25, 0.3) is 0 Å². The Balaban J connectivity index is 2.24. The number of esters is 1. The molecule has 1 N–H and O–H groups in total. The molecule has 0 aromatic heterocycles. The largest absolute Gasteiger partial charge is 0.463 e.